The first-order chi connectivity index (χ1) is 7.74. The maximum atomic E-state index is 8.92. The van der Waals surface area contributed by atoms with Crippen LogP contribution in [-0.2, 0) is 0 Å². The molecule has 90 valence electrons. The van der Waals surface area contributed by atoms with Crippen LogP contribution in [0, 0.1) is 12.8 Å². The van der Waals surface area contributed by atoms with Gasteiger partial charge < -0.3 is 10.2 Å². The first-order valence-electron chi connectivity index (χ1n) is 6.09. The number of aliphatic hydroxyl groups excluding tert-OH is 1. The number of aromatic hydroxyl groups is 1. The fourth-order valence-electron chi connectivity index (χ4n) is 1.93. The highest BCUT2D eigenvalue weighted by atomic mass is 16.3. The Morgan fingerprint density at radius 1 is 1.12 bits per heavy atom. The Kier molecular flexibility index (Phi) is 5.94. The van der Waals surface area contributed by atoms with Crippen LogP contribution < -0.4 is 0 Å². The fourth-order valence-corrected chi connectivity index (χ4v) is 1.93. The van der Waals surface area contributed by atoms with E-state index in [1.165, 1.54) is 32.1 Å². The molecule has 0 radical (unpaired) electrons. The van der Waals surface area contributed by atoms with E-state index in [0.717, 1.165) is 5.56 Å². The SMILES string of the molecule is Cc1ccccc1O.OCC1CCCCC1. The maximum absolute atomic E-state index is 8.92. The summed E-state index contributed by atoms with van der Waals surface area (Å²) >= 11 is 0. The van der Waals surface area contributed by atoms with Gasteiger partial charge in [0.05, 0.1) is 0 Å². The number of para-hydroxylation sites is 1. The molecule has 2 rings (SSSR count). The van der Waals surface area contributed by atoms with Crippen molar-refractivity contribution in [1.82, 2.24) is 0 Å². The van der Waals surface area contributed by atoms with Crippen LogP contribution in [0.15, 0.2) is 24.3 Å². The molecule has 0 spiro atoms. The number of phenols is 1. The molecule has 1 fully saturated rings. The molecule has 2 heteroatoms. The van der Waals surface area contributed by atoms with Crippen molar-refractivity contribution in [3.63, 3.8) is 0 Å². The van der Waals surface area contributed by atoms with E-state index in [2.05, 4.69) is 0 Å². The molecule has 1 aliphatic rings. The highest BCUT2D eigenvalue weighted by Gasteiger charge is 2.10. The molecule has 0 atom stereocenters. The Morgan fingerprint density at radius 3 is 2.12 bits per heavy atom. The van der Waals surface area contributed by atoms with Crippen molar-refractivity contribution >= 4 is 0 Å². The second-order valence-corrected chi connectivity index (χ2v) is 4.47. The number of rotatable bonds is 1. The standard InChI is InChI=1S/C7H8O.C7H14O/c1-6-4-2-3-5-7(6)8;8-6-7-4-2-1-3-5-7/h2-5,8H,1H3;7-8H,1-6H2. The van der Waals surface area contributed by atoms with E-state index in [-0.39, 0.29) is 0 Å². The first-order valence-corrected chi connectivity index (χ1v) is 6.09. The van der Waals surface area contributed by atoms with Crippen molar-refractivity contribution in [3.8, 4) is 5.75 Å². The summed E-state index contributed by atoms with van der Waals surface area (Å²) in [5.74, 6) is 1.01. The van der Waals surface area contributed by atoms with Crippen molar-refractivity contribution in [2.45, 2.75) is 39.0 Å². The average Bonchev–Trinajstić information content (AvgIpc) is 2.35. The van der Waals surface area contributed by atoms with Crippen LogP contribution in [-0.4, -0.2) is 16.8 Å². The summed E-state index contributed by atoms with van der Waals surface area (Å²) in [5.41, 5.74) is 0.924. The Balaban J connectivity index is 0.000000160. The Morgan fingerprint density at radius 2 is 1.75 bits per heavy atom. The van der Waals surface area contributed by atoms with Crippen LogP contribution in [0.25, 0.3) is 0 Å². The molecule has 1 aromatic carbocycles. The molecule has 1 aromatic rings. The lowest BCUT2D eigenvalue weighted by atomic mass is 9.90. The highest BCUT2D eigenvalue weighted by molar-refractivity contribution is 5.29. The zero-order chi connectivity index (χ0) is 11.8. The number of hydrogen-bond donors (Lipinski definition) is 2. The minimum atomic E-state index is 0.368. The van der Waals surface area contributed by atoms with E-state index in [0.29, 0.717) is 18.3 Å². The zero-order valence-corrected chi connectivity index (χ0v) is 10.0. The van der Waals surface area contributed by atoms with E-state index < -0.39 is 0 Å². The van der Waals surface area contributed by atoms with E-state index in [1.807, 2.05) is 25.1 Å². The second-order valence-electron chi connectivity index (χ2n) is 4.47. The third-order valence-electron chi connectivity index (χ3n) is 3.10. The quantitative estimate of drug-likeness (QED) is 0.765. The lowest BCUT2D eigenvalue weighted by Crippen LogP contribution is -2.09. The molecule has 2 nitrogen and oxygen atoms in total. The minimum absolute atomic E-state index is 0.368. The number of hydrogen-bond acceptors (Lipinski definition) is 2. The van der Waals surface area contributed by atoms with Gasteiger partial charge in [0.25, 0.3) is 0 Å². The van der Waals surface area contributed by atoms with Crippen LogP contribution in [0.2, 0.25) is 0 Å². The number of aliphatic hydroxyl groups is 1. The topological polar surface area (TPSA) is 40.5 Å². The van der Waals surface area contributed by atoms with Gasteiger partial charge in [0.1, 0.15) is 5.75 Å². The third-order valence-corrected chi connectivity index (χ3v) is 3.10. The Hall–Kier alpha value is -1.02. The monoisotopic (exact) mass is 222 g/mol. The van der Waals surface area contributed by atoms with Gasteiger partial charge in [-0.25, -0.2) is 0 Å². The summed E-state index contributed by atoms with van der Waals surface area (Å²) in [6.45, 7) is 2.29. The number of phenolic OH excluding ortho intramolecular Hbond substituents is 1. The smallest absolute Gasteiger partial charge is 0.118 e. The highest BCUT2D eigenvalue weighted by Crippen LogP contribution is 2.22. The van der Waals surface area contributed by atoms with E-state index in [9.17, 15) is 0 Å². The maximum Gasteiger partial charge on any atom is 0.118 e. The molecule has 0 amide bonds. The lowest BCUT2D eigenvalue weighted by molar-refractivity contribution is 0.190. The van der Waals surface area contributed by atoms with Crippen molar-refractivity contribution in [2.75, 3.05) is 6.61 Å². The normalized spacial score (nSPS) is 16.4. The second kappa shape index (κ2) is 7.29. The molecule has 16 heavy (non-hydrogen) atoms. The fraction of sp³-hybridized carbons (Fsp3) is 0.571. The summed E-state index contributed by atoms with van der Waals surface area (Å²) in [7, 11) is 0. The molecule has 0 aromatic heterocycles. The van der Waals surface area contributed by atoms with Gasteiger partial charge in [-0.1, -0.05) is 37.5 Å². The largest absolute Gasteiger partial charge is 0.508 e. The van der Waals surface area contributed by atoms with Gasteiger partial charge in [0, 0.05) is 6.61 Å². The summed E-state index contributed by atoms with van der Waals surface area (Å²) in [5, 5.41) is 17.6. The van der Waals surface area contributed by atoms with Crippen LogP contribution >= 0.6 is 0 Å². The average molecular weight is 222 g/mol. The Bertz CT molecular complexity index is 270. The van der Waals surface area contributed by atoms with Gasteiger partial charge in [-0.15, -0.1) is 0 Å². The molecule has 0 heterocycles. The van der Waals surface area contributed by atoms with Gasteiger partial charge >= 0.3 is 0 Å². The van der Waals surface area contributed by atoms with Crippen LogP contribution in [0.5, 0.6) is 5.75 Å². The van der Waals surface area contributed by atoms with Gasteiger partial charge in [-0.05, 0) is 37.3 Å². The molecular weight excluding hydrogens is 200 g/mol. The molecule has 2 N–H and O–H groups in total. The lowest BCUT2D eigenvalue weighted by Gasteiger charge is -2.18. The molecule has 0 aliphatic heterocycles. The first kappa shape index (κ1) is 13.0. The van der Waals surface area contributed by atoms with Crippen LogP contribution in [0.3, 0.4) is 0 Å². The molecule has 0 bridgehead atoms. The van der Waals surface area contributed by atoms with Crippen molar-refractivity contribution in [1.29, 1.82) is 0 Å². The van der Waals surface area contributed by atoms with Crippen LogP contribution in [0.4, 0.5) is 0 Å². The third kappa shape index (κ3) is 4.67. The van der Waals surface area contributed by atoms with Gasteiger partial charge in [-0.2, -0.15) is 0 Å². The van der Waals surface area contributed by atoms with Crippen molar-refractivity contribution in [2.24, 2.45) is 5.92 Å². The molecule has 1 saturated carbocycles. The van der Waals surface area contributed by atoms with Gasteiger partial charge in [0.2, 0.25) is 0 Å². The summed E-state index contributed by atoms with van der Waals surface area (Å²) < 4.78 is 0. The van der Waals surface area contributed by atoms with Crippen molar-refractivity contribution < 1.29 is 10.2 Å². The van der Waals surface area contributed by atoms with Crippen molar-refractivity contribution in [3.05, 3.63) is 29.8 Å². The summed E-state index contributed by atoms with van der Waals surface area (Å²) in [4.78, 5) is 0. The predicted molar refractivity (Wildman–Crippen MR) is 66.5 cm³/mol. The summed E-state index contributed by atoms with van der Waals surface area (Å²) in [6.07, 6.45) is 6.58. The molecular formula is C14H22O2. The predicted octanol–water partition coefficient (Wildman–Crippen LogP) is 3.26. The molecule has 0 unspecified atom stereocenters. The van der Waals surface area contributed by atoms with Gasteiger partial charge in [0.15, 0.2) is 0 Å². The molecule has 0 saturated heterocycles. The van der Waals surface area contributed by atoms with Crippen LogP contribution in [0.1, 0.15) is 37.7 Å². The van der Waals surface area contributed by atoms with E-state index in [4.69, 9.17) is 10.2 Å². The minimum Gasteiger partial charge on any atom is -0.508 e. The van der Waals surface area contributed by atoms with E-state index in [1.54, 1.807) is 6.07 Å². The zero-order valence-electron chi connectivity index (χ0n) is 10.0. The van der Waals surface area contributed by atoms with E-state index >= 15 is 0 Å². The molecule has 1 aliphatic carbocycles. The Labute approximate surface area is 97.9 Å². The number of aryl methyl sites for hydroxylation is 1. The summed E-state index contributed by atoms with van der Waals surface area (Å²) in [6, 6.07) is 7.25. The number of benzene rings is 1. The van der Waals surface area contributed by atoms with Gasteiger partial charge in [-0.3, -0.25) is 0 Å².